The van der Waals surface area contributed by atoms with Crippen molar-refractivity contribution in [3.8, 4) is 0 Å². The predicted molar refractivity (Wildman–Crippen MR) is 61.6 cm³/mol. The highest BCUT2D eigenvalue weighted by Gasteiger charge is 2.22. The Balaban J connectivity index is 2.31. The van der Waals surface area contributed by atoms with Crippen LogP contribution in [0.15, 0.2) is 22.7 Å². The van der Waals surface area contributed by atoms with Crippen molar-refractivity contribution in [3.05, 3.63) is 38.9 Å². The van der Waals surface area contributed by atoms with E-state index < -0.39 is 12.1 Å². The van der Waals surface area contributed by atoms with Gasteiger partial charge in [-0.1, -0.05) is 16.8 Å². The summed E-state index contributed by atoms with van der Waals surface area (Å²) in [5.74, 6) is -0.803. The number of hydrogen-bond donors (Lipinski definition) is 1. The van der Waals surface area contributed by atoms with Crippen molar-refractivity contribution in [2.75, 3.05) is 7.11 Å². The topological polar surface area (TPSA) is 72.6 Å². The Hall–Kier alpha value is -1.37. The molecule has 0 amide bonds. The van der Waals surface area contributed by atoms with Crippen LogP contribution < -0.4 is 0 Å². The second-order valence-electron chi connectivity index (χ2n) is 3.18. The first-order valence-corrected chi connectivity index (χ1v) is 5.79. The van der Waals surface area contributed by atoms with Crippen molar-refractivity contribution >= 4 is 28.9 Å². The van der Waals surface area contributed by atoms with E-state index in [-0.39, 0.29) is 5.69 Å². The molecule has 2 aromatic rings. The fraction of sp³-hybridized carbons (Fsp3) is 0.200. The van der Waals surface area contributed by atoms with Gasteiger partial charge in [-0.05, 0) is 12.1 Å². The minimum atomic E-state index is -1.14. The molecule has 0 saturated carbocycles. The summed E-state index contributed by atoms with van der Waals surface area (Å²) in [4.78, 5) is 11.5. The number of carboxylic acid groups (broad SMARTS) is 1. The lowest BCUT2D eigenvalue weighted by Crippen LogP contribution is -2.00. The summed E-state index contributed by atoms with van der Waals surface area (Å²) in [5.41, 5.74) is -0.148. The molecule has 0 radical (unpaired) electrons. The number of carbonyl (C=O) groups is 1. The van der Waals surface area contributed by atoms with Crippen LogP contribution in [0, 0.1) is 0 Å². The van der Waals surface area contributed by atoms with Gasteiger partial charge < -0.3 is 14.4 Å². The van der Waals surface area contributed by atoms with Crippen LogP contribution in [0.3, 0.4) is 0 Å². The van der Waals surface area contributed by atoms with E-state index in [1.165, 1.54) is 24.5 Å². The Morgan fingerprint density at radius 1 is 1.65 bits per heavy atom. The van der Waals surface area contributed by atoms with Gasteiger partial charge in [-0.3, -0.25) is 0 Å². The van der Waals surface area contributed by atoms with Gasteiger partial charge in [-0.2, -0.15) is 0 Å². The monoisotopic (exact) mass is 273 g/mol. The van der Waals surface area contributed by atoms with Crippen LogP contribution >= 0.6 is 22.9 Å². The lowest BCUT2D eigenvalue weighted by atomic mass is 10.2. The summed E-state index contributed by atoms with van der Waals surface area (Å²) in [7, 11) is 1.50. The zero-order valence-corrected chi connectivity index (χ0v) is 10.3. The van der Waals surface area contributed by atoms with Gasteiger partial charge in [-0.15, -0.1) is 11.3 Å². The molecule has 0 saturated heterocycles. The van der Waals surface area contributed by atoms with Gasteiger partial charge in [0.05, 0.1) is 4.34 Å². The molecule has 0 aromatic carbocycles. The number of thiophene rings is 1. The third-order valence-corrected chi connectivity index (χ3v) is 3.37. The molecule has 2 rings (SSSR count). The fourth-order valence-corrected chi connectivity index (χ4v) is 2.50. The zero-order chi connectivity index (χ0) is 12.4. The van der Waals surface area contributed by atoms with Crippen molar-refractivity contribution in [1.29, 1.82) is 0 Å². The number of methoxy groups -OCH3 is 1. The van der Waals surface area contributed by atoms with Crippen LogP contribution in [0.5, 0.6) is 0 Å². The quantitative estimate of drug-likeness (QED) is 0.927. The standard InChI is InChI=1S/C10H8ClNO4S/c1-15-9(7-2-3-8(11)17-7)6-4-5(10(13)14)12-16-6/h2-4,9H,1H3,(H,13,14). The van der Waals surface area contributed by atoms with E-state index in [1.54, 1.807) is 12.1 Å². The first-order valence-electron chi connectivity index (χ1n) is 4.59. The van der Waals surface area contributed by atoms with Crippen LogP contribution in [0.2, 0.25) is 4.34 Å². The number of hydrogen-bond acceptors (Lipinski definition) is 5. The molecule has 0 aliphatic carbocycles. The molecule has 17 heavy (non-hydrogen) atoms. The molecule has 1 N–H and O–H groups in total. The van der Waals surface area contributed by atoms with Crippen LogP contribution in [0.25, 0.3) is 0 Å². The highest BCUT2D eigenvalue weighted by molar-refractivity contribution is 7.16. The summed E-state index contributed by atoms with van der Waals surface area (Å²) in [6.07, 6.45) is -0.493. The van der Waals surface area contributed by atoms with E-state index in [0.29, 0.717) is 10.1 Å². The highest BCUT2D eigenvalue weighted by atomic mass is 35.5. The third kappa shape index (κ3) is 2.49. The highest BCUT2D eigenvalue weighted by Crippen LogP contribution is 2.33. The van der Waals surface area contributed by atoms with Crippen LogP contribution in [0.1, 0.15) is 27.2 Å². The van der Waals surface area contributed by atoms with Gasteiger partial charge >= 0.3 is 5.97 Å². The Labute approximate surface area is 106 Å². The van der Waals surface area contributed by atoms with Crippen molar-refractivity contribution < 1.29 is 19.2 Å². The van der Waals surface area contributed by atoms with Gasteiger partial charge in [0.1, 0.15) is 0 Å². The van der Waals surface area contributed by atoms with E-state index in [9.17, 15) is 4.79 Å². The normalized spacial score (nSPS) is 12.6. The van der Waals surface area contributed by atoms with Gasteiger partial charge in [-0.25, -0.2) is 4.79 Å². The number of carboxylic acids is 1. The van der Waals surface area contributed by atoms with Crippen molar-refractivity contribution in [2.45, 2.75) is 6.10 Å². The molecule has 5 nitrogen and oxygen atoms in total. The van der Waals surface area contributed by atoms with Crippen LogP contribution in [0.4, 0.5) is 0 Å². The fourth-order valence-electron chi connectivity index (χ4n) is 1.36. The molecule has 1 unspecified atom stereocenters. The molecule has 0 fully saturated rings. The number of aromatic carboxylic acids is 1. The van der Waals surface area contributed by atoms with Crippen molar-refractivity contribution in [3.63, 3.8) is 0 Å². The summed E-state index contributed by atoms with van der Waals surface area (Å²) in [5, 5.41) is 12.2. The number of aromatic nitrogens is 1. The van der Waals surface area contributed by atoms with Gasteiger partial charge in [0.15, 0.2) is 17.6 Å². The lowest BCUT2D eigenvalue weighted by molar-refractivity contribution is 0.0684. The predicted octanol–water partition coefficient (Wildman–Crippen LogP) is 2.82. The molecule has 0 aliphatic heterocycles. The lowest BCUT2D eigenvalue weighted by Gasteiger charge is -2.08. The molecule has 0 bridgehead atoms. The molecule has 2 heterocycles. The van der Waals surface area contributed by atoms with E-state index in [1.807, 2.05) is 0 Å². The van der Waals surface area contributed by atoms with Gasteiger partial charge in [0, 0.05) is 18.1 Å². The van der Waals surface area contributed by atoms with Crippen molar-refractivity contribution in [2.24, 2.45) is 0 Å². The number of nitrogens with zero attached hydrogens (tertiary/aromatic N) is 1. The maximum Gasteiger partial charge on any atom is 0.358 e. The summed E-state index contributed by atoms with van der Waals surface area (Å²) in [6, 6.07) is 4.87. The molecule has 0 aliphatic rings. The first kappa shape index (κ1) is 12.1. The molecule has 0 spiro atoms. The molecular formula is C10H8ClNO4S. The molecule has 7 heteroatoms. The minimum absolute atomic E-state index is 0.148. The van der Waals surface area contributed by atoms with E-state index in [0.717, 1.165) is 4.88 Å². The third-order valence-electron chi connectivity index (χ3n) is 2.09. The van der Waals surface area contributed by atoms with E-state index in [4.69, 9.17) is 26.0 Å². The molecule has 90 valence electrons. The zero-order valence-electron chi connectivity index (χ0n) is 8.71. The number of halogens is 1. The smallest absolute Gasteiger partial charge is 0.358 e. The average Bonchev–Trinajstić information content (AvgIpc) is 2.89. The van der Waals surface area contributed by atoms with Crippen molar-refractivity contribution in [1.82, 2.24) is 5.16 Å². The molecule has 1 atom stereocenters. The maximum atomic E-state index is 10.7. The first-order chi connectivity index (χ1) is 8.11. The second-order valence-corrected chi connectivity index (χ2v) is 4.92. The molecular weight excluding hydrogens is 266 g/mol. The number of rotatable bonds is 4. The van der Waals surface area contributed by atoms with E-state index in [2.05, 4.69) is 5.16 Å². The second kappa shape index (κ2) is 4.87. The summed E-state index contributed by atoms with van der Waals surface area (Å²) in [6.45, 7) is 0. The maximum absolute atomic E-state index is 10.7. The summed E-state index contributed by atoms with van der Waals surface area (Å²) >= 11 is 7.17. The number of ether oxygens (including phenoxy) is 1. The molecule has 2 aromatic heterocycles. The van der Waals surface area contributed by atoms with Gasteiger partial charge in [0.25, 0.3) is 0 Å². The van der Waals surface area contributed by atoms with Crippen LogP contribution in [-0.2, 0) is 4.74 Å². The average molecular weight is 274 g/mol. The SMILES string of the molecule is COC(c1cc(C(=O)O)no1)c1ccc(Cl)s1. The van der Waals surface area contributed by atoms with Crippen LogP contribution in [-0.4, -0.2) is 23.3 Å². The minimum Gasteiger partial charge on any atom is -0.476 e. The summed E-state index contributed by atoms with van der Waals surface area (Å²) < 4.78 is 10.8. The Morgan fingerprint density at radius 2 is 2.41 bits per heavy atom. The van der Waals surface area contributed by atoms with Gasteiger partial charge in [0.2, 0.25) is 0 Å². The Bertz CT molecular complexity index is 536. The van der Waals surface area contributed by atoms with E-state index >= 15 is 0 Å². The Kier molecular flexibility index (Phi) is 3.46. The Morgan fingerprint density at radius 3 is 2.88 bits per heavy atom. The largest absolute Gasteiger partial charge is 0.476 e.